The maximum atomic E-state index is 6.42. The first-order valence-electron chi connectivity index (χ1n) is 16.0. The Morgan fingerprint density at radius 1 is 0.837 bits per heavy atom. The zero-order chi connectivity index (χ0) is 29.6. The molecule has 3 heterocycles. The number of nitrogens with zero attached hydrogens (tertiary/aromatic N) is 5. The third-order valence-electron chi connectivity index (χ3n) is 9.59. The van der Waals surface area contributed by atoms with Crippen molar-refractivity contribution in [3.05, 3.63) is 71.2 Å². The molecule has 3 fully saturated rings. The van der Waals surface area contributed by atoms with E-state index in [-0.39, 0.29) is 5.41 Å². The molecule has 0 bridgehead atoms. The molecule has 43 heavy (non-hydrogen) atoms. The number of hydrogen-bond donors (Lipinski definition) is 2. The fourth-order valence-corrected chi connectivity index (χ4v) is 7.24. The summed E-state index contributed by atoms with van der Waals surface area (Å²) < 4.78 is 0. The molecule has 7 nitrogen and oxygen atoms in total. The van der Waals surface area contributed by atoms with E-state index in [0.29, 0.717) is 11.1 Å². The van der Waals surface area contributed by atoms with Gasteiger partial charge in [-0.05, 0) is 73.6 Å². The lowest BCUT2D eigenvalue weighted by molar-refractivity contribution is 0.292. The van der Waals surface area contributed by atoms with Crippen LogP contribution >= 0.6 is 23.8 Å². The van der Waals surface area contributed by atoms with E-state index in [1.807, 2.05) is 6.07 Å². The molecule has 2 aliphatic heterocycles. The minimum atomic E-state index is 0.0195. The smallest absolute Gasteiger partial charge is 0.232 e. The summed E-state index contributed by atoms with van der Waals surface area (Å²) in [6.45, 7) is 8.87. The summed E-state index contributed by atoms with van der Waals surface area (Å²) in [4.78, 5) is 17.2. The predicted octanol–water partition coefficient (Wildman–Crippen LogP) is 6.88. The SMILES string of the molecule is CC1CCN(c2cc(N3CCN(c4ccccc4)CC3)nc(NC(=S)NCC3(c4cccc(Cl)c4)CCCCC3)n2)CC1. The van der Waals surface area contributed by atoms with E-state index < -0.39 is 0 Å². The van der Waals surface area contributed by atoms with E-state index in [1.165, 1.54) is 43.4 Å². The first-order chi connectivity index (χ1) is 21.0. The van der Waals surface area contributed by atoms with E-state index in [0.717, 1.165) is 81.2 Å². The monoisotopic (exact) mass is 617 g/mol. The molecular formula is C34H44ClN7S. The highest BCUT2D eigenvalue weighted by Gasteiger charge is 2.34. The van der Waals surface area contributed by atoms with Crippen molar-refractivity contribution >= 4 is 52.2 Å². The van der Waals surface area contributed by atoms with E-state index in [2.05, 4.69) is 86.9 Å². The Labute approximate surface area is 267 Å². The van der Waals surface area contributed by atoms with E-state index in [4.69, 9.17) is 33.8 Å². The maximum absolute atomic E-state index is 6.42. The highest BCUT2D eigenvalue weighted by Crippen LogP contribution is 2.40. The number of nitrogens with one attached hydrogen (secondary N) is 2. The molecule has 3 aromatic rings. The van der Waals surface area contributed by atoms with Gasteiger partial charge in [0, 0.05) is 68.0 Å². The van der Waals surface area contributed by atoms with Crippen LogP contribution in [0.4, 0.5) is 23.3 Å². The van der Waals surface area contributed by atoms with Crippen molar-refractivity contribution in [2.45, 2.75) is 57.3 Å². The quantitative estimate of drug-likeness (QED) is 0.278. The van der Waals surface area contributed by atoms with Crippen molar-refractivity contribution in [3.8, 4) is 0 Å². The Balaban J connectivity index is 1.17. The lowest BCUT2D eigenvalue weighted by atomic mass is 9.69. The summed E-state index contributed by atoms with van der Waals surface area (Å²) in [6.07, 6.45) is 8.34. The predicted molar refractivity (Wildman–Crippen MR) is 184 cm³/mol. The van der Waals surface area contributed by atoms with Crippen LogP contribution in [0.1, 0.15) is 57.4 Å². The zero-order valence-corrected chi connectivity index (χ0v) is 26.8. The van der Waals surface area contributed by atoms with Crippen molar-refractivity contribution in [1.82, 2.24) is 15.3 Å². The lowest BCUT2D eigenvalue weighted by Gasteiger charge is -2.38. The van der Waals surface area contributed by atoms with Gasteiger partial charge in [-0.25, -0.2) is 0 Å². The second-order valence-corrected chi connectivity index (χ2v) is 13.4. The van der Waals surface area contributed by atoms with Crippen LogP contribution in [0.15, 0.2) is 60.7 Å². The minimum absolute atomic E-state index is 0.0195. The molecule has 2 N–H and O–H groups in total. The van der Waals surface area contributed by atoms with Crippen molar-refractivity contribution in [2.75, 3.05) is 65.8 Å². The van der Waals surface area contributed by atoms with Gasteiger partial charge in [-0.1, -0.05) is 68.1 Å². The Morgan fingerprint density at radius 3 is 2.16 bits per heavy atom. The van der Waals surface area contributed by atoms with E-state index >= 15 is 0 Å². The number of benzene rings is 2. The first kappa shape index (κ1) is 29.9. The summed E-state index contributed by atoms with van der Waals surface area (Å²) >= 11 is 12.3. The number of aromatic nitrogens is 2. The number of halogens is 1. The summed E-state index contributed by atoms with van der Waals surface area (Å²) in [5.74, 6) is 3.26. The molecule has 0 unspecified atom stereocenters. The number of piperidine rings is 1. The average Bonchev–Trinajstić information content (AvgIpc) is 3.05. The lowest BCUT2D eigenvalue weighted by Crippen LogP contribution is -2.47. The van der Waals surface area contributed by atoms with Crippen LogP contribution in [0.5, 0.6) is 0 Å². The zero-order valence-electron chi connectivity index (χ0n) is 25.3. The number of rotatable bonds is 7. The summed E-state index contributed by atoms with van der Waals surface area (Å²) in [6, 6.07) is 21.2. The first-order valence-corrected chi connectivity index (χ1v) is 16.8. The normalized spacial score (nSPS) is 19.3. The molecule has 2 saturated heterocycles. The molecule has 1 aromatic heterocycles. The molecule has 6 rings (SSSR count). The Hall–Kier alpha value is -3.10. The van der Waals surface area contributed by atoms with Gasteiger partial charge >= 0.3 is 0 Å². The molecule has 3 aliphatic rings. The van der Waals surface area contributed by atoms with Crippen molar-refractivity contribution in [1.29, 1.82) is 0 Å². The standard InChI is InChI=1S/C34H44ClN7S/c1-26-13-17-41(18-14-26)30-24-31(42-21-19-40(20-22-42)29-11-4-2-5-12-29)38-32(37-30)39-33(43)36-25-34(15-6-3-7-16-34)27-9-8-10-28(35)23-27/h2,4-5,8-12,23-24,26H,3,6-7,13-22,25H2,1H3,(H2,36,37,38,39,43). The van der Waals surface area contributed by atoms with Gasteiger partial charge in [0.25, 0.3) is 0 Å². The second-order valence-electron chi connectivity index (χ2n) is 12.5. The molecule has 2 aromatic carbocycles. The minimum Gasteiger partial charge on any atom is -0.368 e. The van der Waals surface area contributed by atoms with Crippen molar-refractivity contribution < 1.29 is 0 Å². The molecule has 0 atom stereocenters. The number of para-hydroxylation sites is 1. The fraction of sp³-hybridized carbons (Fsp3) is 0.500. The highest BCUT2D eigenvalue weighted by atomic mass is 35.5. The van der Waals surface area contributed by atoms with Crippen LogP contribution in [0.2, 0.25) is 5.02 Å². The molecule has 9 heteroatoms. The molecule has 1 saturated carbocycles. The third kappa shape index (κ3) is 7.35. The molecule has 0 spiro atoms. The van der Waals surface area contributed by atoms with Gasteiger partial charge < -0.3 is 25.3 Å². The number of piperazine rings is 1. The molecule has 0 amide bonds. The number of thiocarbonyl (C=S) groups is 1. The molecule has 0 radical (unpaired) electrons. The van der Waals surface area contributed by atoms with Gasteiger partial charge in [-0.15, -0.1) is 0 Å². The van der Waals surface area contributed by atoms with Crippen LogP contribution < -0.4 is 25.3 Å². The third-order valence-corrected chi connectivity index (χ3v) is 10.1. The van der Waals surface area contributed by atoms with E-state index in [9.17, 15) is 0 Å². The second kappa shape index (κ2) is 13.7. The average molecular weight is 618 g/mol. The van der Waals surface area contributed by atoms with Gasteiger partial charge in [0.15, 0.2) is 5.11 Å². The Bertz CT molecular complexity index is 1360. The maximum Gasteiger partial charge on any atom is 0.232 e. The van der Waals surface area contributed by atoms with Crippen LogP contribution in [-0.2, 0) is 5.41 Å². The van der Waals surface area contributed by atoms with Gasteiger partial charge in [-0.3, -0.25) is 0 Å². The Kier molecular flexibility index (Phi) is 9.53. The number of anilines is 4. The summed E-state index contributed by atoms with van der Waals surface area (Å²) in [5, 5.41) is 8.28. The largest absolute Gasteiger partial charge is 0.368 e. The summed E-state index contributed by atoms with van der Waals surface area (Å²) in [5.41, 5.74) is 2.59. The van der Waals surface area contributed by atoms with Gasteiger partial charge in [-0.2, -0.15) is 9.97 Å². The van der Waals surface area contributed by atoms with Gasteiger partial charge in [0.2, 0.25) is 5.95 Å². The van der Waals surface area contributed by atoms with Crippen LogP contribution in [0.25, 0.3) is 0 Å². The molecule has 1 aliphatic carbocycles. The van der Waals surface area contributed by atoms with Crippen molar-refractivity contribution in [2.24, 2.45) is 5.92 Å². The van der Waals surface area contributed by atoms with Gasteiger partial charge in [0.1, 0.15) is 11.6 Å². The molecule has 228 valence electrons. The molecular weight excluding hydrogens is 574 g/mol. The van der Waals surface area contributed by atoms with Crippen LogP contribution in [0.3, 0.4) is 0 Å². The number of hydrogen-bond acceptors (Lipinski definition) is 6. The van der Waals surface area contributed by atoms with Crippen molar-refractivity contribution in [3.63, 3.8) is 0 Å². The highest BCUT2D eigenvalue weighted by molar-refractivity contribution is 7.80. The van der Waals surface area contributed by atoms with Crippen LogP contribution in [0, 0.1) is 5.92 Å². The Morgan fingerprint density at radius 2 is 1.49 bits per heavy atom. The van der Waals surface area contributed by atoms with E-state index in [1.54, 1.807) is 0 Å². The summed E-state index contributed by atoms with van der Waals surface area (Å²) in [7, 11) is 0. The van der Waals surface area contributed by atoms with Crippen LogP contribution in [-0.4, -0.2) is 60.9 Å². The fourth-order valence-electron chi connectivity index (χ4n) is 6.88. The van der Waals surface area contributed by atoms with Gasteiger partial charge in [0.05, 0.1) is 0 Å². The topological polar surface area (TPSA) is 59.6 Å².